The lowest BCUT2D eigenvalue weighted by Gasteiger charge is -2.24. The summed E-state index contributed by atoms with van der Waals surface area (Å²) in [4.78, 5) is 25.3. The first-order valence-electron chi connectivity index (χ1n) is 6.32. The Morgan fingerprint density at radius 1 is 1.35 bits per heavy atom. The van der Waals surface area contributed by atoms with Crippen molar-refractivity contribution in [3.05, 3.63) is 29.8 Å². The summed E-state index contributed by atoms with van der Waals surface area (Å²) in [5.41, 5.74) is 1.11. The number of carbonyl (C=O) groups excluding carboxylic acids is 1. The van der Waals surface area contributed by atoms with Gasteiger partial charge >= 0.3 is 5.97 Å². The van der Waals surface area contributed by atoms with Crippen molar-refractivity contribution in [2.75, 3.05) is 12.8 Å². The topological polar surface area (TPSA) is 57.6 Å². The van der Waals surface area contributed by atoms with Crippen LogP contribution in [-0.4, -0.2) is 34.7 Å². The summed E-state index contributed by atoms with van der Waals surface area (Å²) in [5.74, 6) is 2.39. The van der Waals surface area contributed by atoms with E-state index in [-0.39, 0.29) is 6.04 Å². The molecule has 1 fully saturated rings. The number of nitrogens with zero attached hydrogens (tertiary/aromatic N) is 1. The number of benzene rings is 1. The van der Waals surface area contributed by atoms with Gasteiger partial charge in [0.1, 0.15) is 0 Å². The highest BCUT2D eigenvalue weighted by atomic mass is 32.2. The molecular formula is C15H15NO3S. The Bertz CT molecular complexity index is 588. The number of thioether (sulfide) groups is 1. The van der Waals surface area contributed by atoms with E-state index in [9.17, 15) is 9.59 Å². The van der Waals surface area contributed by atoms with E-state index in [0.717, 1.165) is 23.3 Å². The van der Waals surface area contributed by atoms with Gasteiger partial charge in [0, 0.05) is 23.3 Å². The summed E-state index contributed by atoms with van der Waals surface area (Å²) < 4.78 is 0. The molecule has 1 atom stereocenters. The summed E-state index contributed by atoms with van der Waals surface area (Å²) >= 11 is 1.65. The van der Waals surface area contributed by atoms with E-state index >= 15 is 0 Å². The number of likely N-dealkylation sites (tertiary alicyclic amines) is 1. The van der Waals surface area contributed by atoms with Gasteiger partial charge in [0.25, 0.3) is 5.91 Å². The zero-order valence-electron chi connectivity index (χ0n) is 11.1. The SMILES string of the molecule is CSc1ccccc1[C@H]1CCCN1C(=O)C#CC(=O)O. The van der Waals surface area contributed by atoms with Gasteiger partial charge in [-0.05, 0) is 30.7 Å². The van der Waals surface area contributed by atoms with Crippen LogP contribution in [0, 0.1) is 11.8 Å². The molecule has 0 aliphatic carbocycles. The Morgan fingerprint density at radius 3 is 2.80 bits per heavy atom. The number of hydrogen-bond acceptors (Lipinski definition) is 3. The highest BCUT2D eigenvalue weighted by Gasteiger charge is 2.30. The van der Waals surface area contributed by atoms with Crippen molar-refractivity contribution in [1.29, 1.82) is 0 Å². The van der Waals surface area contributed by atoms with Crippen molar-refractivity contribution in [2.45, 2.75) is 23.8 Å². The number of carbonyl (C=O) groups is 2. The minimum absolute atomic E-state index is 0.00533. The van der Waals surface area contributed by atoms with Crippen LogP contribution in [0.25, 0.3) is 0 Å². The molecule has 0 aromatic heterocycles. The lowest BCUT2D eigenvalue weighted by molar-refractivity contribution is -0.131. The first kappa shape index (κ1) is 14.5. The molecule has 1 aromatic rings. The van der Waals surface area contributed by atoms with E-state index in [1.54, 1.807) is 16.7 Å². The molecule has 0 saturated carbocycles. The molecule has 4 nitrogen and oxygen atoms in total. The van der Waals surface area contributed by atoms with E-state index in [1.165, 1.54) is 0 Å². The van der Waals surface area contributed by atoms with Crippen LogP contribution in [0.1, 0.15) is 24.4 Å². The molecule has 104 valence electrons. The zero-order valence-corrected chi connectivity index (χ0v) is 11.9. The number of carboxylic acid groups (broad SMARTS) is 1. The Morgan fingerprint density at radius 2 is 2.10 bits per heavy atom. The average Bonchev–Trinajstić information content (AvgIpc) is 2.93. The van der Waals surface area contributed by atoms with Crippen LogP contribution < -0.4 is 0 Å². The molecular weight excluding hydrogens is 274 g/mol. The second-order valence-electron chi connectivity index (χ2n) is 4.45. The van der Waals surface area contributed by atoms with Gasteiger partial charge in [-0.3, -0.25) is 4.79 Å². The third-order valence-electron chi connectivity index (χ3n) is 3.29. The maximum absolute atomic E-state index is 12.0. The molecule has 1 N–H and O–H groups in total. The third kappa shape index (κ3) is 3.14. The van der Waals surface area contributed by atoms with Gasteiger partial charge in [-0.1, -0.05) is 18.2 Å². The van der Waals surface area contributed by atoms with Crippen LogP contribution in [0.4, 0.5) is 0 Å². The lowest BCUT2D eigenvalue weighted by Crippen LogP contribution is -2.29. The highest BCUT2D eigenvalue weighted by molar-refractivity contribution is 7.98. The minimum atomic E-state index is -1.28. The molecule has 5 heteroatoms. The highest BCUT2D eigenvalue weighted by Crippen LogP contribution is 2.36. The van der Waals surface area contributed by atoms with Gasteiger partial charge in [0.2, 0.25) is 0 Å². The van der Waals surface area contributed by atoms with Crippen LogP contribution >= 0.6 is 11.8 Å². The Hall–Kier alpha value is -1.93. The zero-order chi connectivity index (χ0) is 14.5. The molecule has 0 bridgehead atoms. The predicted octanol–water partition coefficient (Wildman–Crippen LogP) is 2.16. The Kier molecular flexibility index (Phi) is 4.70. The maximum atomic E-state index is 12.0. The molecule has 1 aliphatic rings. The second-order valence-corrected chi connectivity index (χ2v) is 5.30. The predicted molar refractivity (Wildman–Crippen MR) is 77.3 cm³/mol. The fourth-order valence-electron chi connectivity index (χ4n) is 2.45. The number of hydrogen-bond donors (Lipinski definition) is 1. The summed E-state index contributed by atoms with van der Waals surface area (Å²) in [6, 6.07) is 7.98. The van der Waals surface area contributed by atoms with E-state index in [0.29, 0.717) is 6.54 Å². The van der Waals surface area contributed by atoms with Gasteiger partial charge in [-0.25, -0.2) is 4.79 Å². The van der Waals surface area contributed by atoms with Crippen LogP contribution in [0.3, 0.4) is 0 Å². The molecule has 2 rings (SSSR count). The third-order valence-corrected chi connectivity index (χ3v) is 4.10. The van der Waals surface area contributed by atoms with E-state index in [2.05, 4.69) is 5.92 Å². The fraction of sp³-hybridized carbons (Fsp3) is 0.333. The van der Waals surface area contributed by atoms with Crippen LogP contribution in [-0.2, 0) is 9.59 Å². The Balaban J connectivity index is 2.26. The van der Waals surface area contributed by atoms with Crippen molar-refractivity contribution in [2.24, 2.45) is 0 Å². The summed E-state index contributed by atoms with van der Waals surface area (Å²) in [6.45, 7) is 0.626. The number of aliphatic carboxylic acids is 1. The standard InChI is InChI=1S/C15H15NO3S/c1-20-13-7-3-2-5-11(13)12-6-4-10-16(12)14(17)8-9-15(18)19/h2-3,5,7,12H,4,6,10H2,1H3,(H,18,19)/t12-/m1/s1. The summed E-state index contributed by atoms with van der Waals surface area (Å²) in [5, 5.41) is 8.52. The largest absolute Gasteiger partial charge is 0.472 e. The second kappa shape index (κ2) is 6.49. The summed E-state index contributed by atoms with van der Waals surface area (Å²) in [6.07, 6.45) is 3.80. The molecule has 1 saturated heterocycles. The monoisotopic (exact) mass is 289 g/mol. The molecule has 20 heavy (non-hydrogen) atoms. The molecule has 1 heterocycles. The molecule has 0 spiro atoms. The van der Waals surface area contributed by atoms with Crippen LogP contribution in [0.2, 0.25) is 0 Å². The molecule has 0 unspecified atom stereocenters. The minimum Gasteiger partial charge on any atom is -0.472 e. The fourth-order valence-corrected chi connectivity index (χ4v) is 3.11. The van der Waals surface area contributed by atoms with Gasteiger partial charge in [-0.2, -0.15) is 0 Å². The van der Waals surface area contributed by atoms with Gasteiger partial charge in [0.15, 0.2) is 0 Å². The molecule has 1 amide bonds. The molecule has 0 radical (unpaired) electrons. The first-order valence-corrected chi connectivity index (χ1v) is 7.54. The molecule has 1 aromatic carbocycles. The Labute approximate surface area is 122 Å². The van der Waals surface area contributed by atoms with Crippen molar-refractivity contribution in [1.82, 2.24) is 4.90 Å². The smallest absolute Gasteiger partial charge is 0.382 e. The summed E-state index contributed by atoms with van der Waals surface area (Å²) in [7, 11) is 0. The van der Waals surface area contributed by atoms with Crippen LogP contribution in [0.5, 0.6) is 0 Å². The number of carboxylic acids is 1. The van der Waals surface area contributed by atoms with Crippen molar-refractivity contribution >= 4 is 23.6 Å². The van der Waals surface area contributed by atoms with E-state index < -0.39 is 11.9 Å². The normalized spacial score (nSPS) is 17.4. The number of rotatable bonds is 2. The van der Waals surface area contributed by atoms with Gasteiger partial charge in [0.05, 0.1) is 6.04 Å². The van der Waals surface area contributed by atoms with Crippen molar-refractivity contribution in [3.63, 3.8) is 0 Å². The molecule has 1 aliphatic heterocycles. The van der Waals surface area contributed by atoms with E-state index in [4.69, 9.17) is 5.11 Å². The van der Waals surface area contributed by atoms with Crippen molar-refractivity contribution < 1.29 is 14.7 Å². The first-order chi connectivity index (χ1) is 9.63. The van der Waals surface area contributed by atoms with Crippen molar-refractivity contribution in [3.8, 4) is 11.8 Å². The average molecular weight is 289 g/mol. The van der Waals surface area contributed by atoms with Gasteiger partial charge in [-0.15, -0.1) is 11.8 Å². The lowest BCUT2D eigenvalue weighted by atomic mass is 10.0. The van der Waals surface area contributed by atoms with Crippen LogP contribution in [0.15, 0.2) is 29.2 Å². The number of amides is 1. The van der Waals surface area contributed by atoms with E-state index in [1.807, 2.05) is 36.4 Å². The maximum Gasteiger partial charge on any atom is 0.382 e. The van der Waals surface area contributed by atoms with Gasteiger partial charge < -0.3 is 10.0 Å². The quantitative estimate of drug-likeness (QED) is 0.669.